The highest BCUT2D eigenvalue weighted by Crippen LogP contribution is 2.38. The molecule has 2 heterocycles. The summed E-state index contributed by atoms with van der Waals surface area (Å²) in [4.78, 5) is 20.4. The van der Waals surface area contributed by atoms with Crippen molar-refractivity contribution in [2.45, 2.75) is 0 Å². The monoisotopic (exact) mass is 636 g/mol. The van der Waals surface area contributed by atoms with Crippen LogP contribution >= 0.6 is 0 Å². The Morgan fingerprint density at radius 3 is 1.28 bits per heavy atom. The largest absolute Gasteiger partial charge is 0.256 e. The highest BCUT2D eigenvalue weighted by Gasteiger charge is 2.18. The van der Waals surface area contributed by atoms with Crippen molar-refractivity contribution >= 4 is 53.9 Å². The summed E-state index contributed by atoms with van der Waals surface area (Å²) in [6.07, 6.45) is 1.94. The number of benzene rings is 8. The van der Waals surface area contributed by atoms with Gasteiger partial charge in [0.05, 0.1) is 5.69 Å². The number of nitrogens with zero attached hydrogens (tertiary/aromatic N) is 4. The molecule has 0 saturated heterocycles. The van der Waals surface area contributed by atoms with E-state index in [-0.39, 0.29) is 0 Å². The highest BCUT2D eigenvalue weighted by molar-refractivity contribution is 6.14. The van der Waals surface area contributed by atoms with Gasteiger partial charge in [0.2, 0.25) is 0 Å². The van der Waals surface area contributed by atoms with Gasteiger partial charge in [-0.2, -0.15) is 0 Å². The molecule has 4 heteroatoms. The minimum absolute atomic E-state index is 0.623. The van der Waals surface area contributed by atoms with Crippen molar-refractivity contribution in [1.82, 2.24) is 19.9 Å². The van der Waals surface area contributed by atoms with Crippen molar-refractivity contribution in [1.29, 1.82) is 0 Å². The van der Waals surface area contributed by atoms with Crippen molar-refractivity contribution in [3.8, 4) is 45.4 Å². The van der Waals surface area contributed by atoms with Gasteiger partial charge >= 0.3 is 0 Å². The fourth-order valence-corrected chi connectivity index (χ4v) is 7.26. The van der Waals surface area contributed by atoms with Crippen LogP contribution in [0.15, 0.2) is 170 Å². The molecule has 50 heavy (non-hydrogen) atoms. The summed E-state index contributed by atoms with van der Waals surface area (Å²) in [6.45, 7) is 0. The van der Waals surface area contributed by atoms with E-state index in [2.05, 4.69) is 158 Å². The first-order valence-electron chi connectivity index (χ1n) is 16.8. The van der Waals surface area contributed by atoms with Gasteiger partial charge in [-0.05, 0) is 66.7 Å². The van der Waals surface area contributed by atoms with Gasteiger partial charge < -0.3 is 0 Å². The van der Waals surface area contributed by atoms with E-state index in [0.717, 1.165) is 54.9 Å². The molecular formula is C46H28N4. The lowest BCUT2D eigenvalue weighted by atomic mass is 9.96. The average molecular weight is 637 g/mol. The van der Waals surface area contributed by atoms with Crippen LogP contribution in [-0.4, -0.2) is 19.9 Å². The van der Waals surface area contributed by atoms with Gasteiger partial charge in [-0.15, -0.1) is 0 Å². The van der Waals surface area contributed by atoms with E-state index in [1.807, 2.05) is 12.3 Å². The molecule has 0 saturated carbocycles. The van der Waals surface area contributed by atoms with Crippen LogP contribution in [0.5, 0.6) is 0 Å². The van der Waals surface area contributed by atoms with Crippen LogP contribution < -0.4 is 0 Å². The van der Waals surface area contributed by atoms with Crippen LogP contribution in [0.4, 0.5) is 0 Å². The zero-order valence-corrected chi connectivity index (χ0v) is 27.0. The molecule has 0 bridgehead atoms. The summed E-state index contributed by atoms with van der Waals surface area (Å²) in [5, 5.41) is 11.6. The predicted molar refractivity (Wildman–Crippen MR) is 207 cm³/mol. The van der Waals surface area contributed by atoms with Crippen LogP contribution in [0, 0.1) is 0 Å². The molecule has 0 aliphatic heterocycles. The molecule has 0 N–H and O–H groups in total. The van der Waals surface area contributed by atoms with Gasteiger partial charge in [0.15, 0.2) is 17.5 Å². The van der Waals surface area contributed by atoms with Crippen LogP contribution in [0.1, 0.15) is 0 Å². The van der Waals surface area contributed by atoms with E-state index < -0.39 is 0 Å². The van der Waals surface area contributed by atoms with Gasteiger partial charge in [0.25, 0.3) is 0 Å². The van der Waals surface area contributed by atoms with Crippen molar-refractivity contribution in [2.75, 3.05) is 0 Å². The number of pyridine rings is 1. The van der Waals surface area contributed by atoms with Crippen LogP contribution in [0.2, 0.25) is 0 Å². The van der Waals surface area contributed by atoms with Gasteiger partial charge in [-0.3, -0.25) is 4.98 Å². The van der Waals surface area contributed by atoms with E-state index in [4.69, 9.17) is 19.9 Å². The lowest BCUT2D eigenvalue weighted by molar-refractivity contribution is 1.08. The highest BCUT2D eigenvalue weighted by atomic mass is 15.0. The third kappa shape index (κ3) is 4.69. The Kier molecular flexibility index (Phi) is 6.46. The summed E-state index contributed by atoms with van der Waals surface area (Å²) < 4.78 is 0. The fourth-order valence-electron chi connectivity index (χ4n) is 7.26. The smallest absolute Gasteiger partial charge is 0.164 e. The first-order valence-corrected chi connectivity index (χ1v) is 16.8. The SMILES string of the molecule is c1ccc2cc(-c3ccc(-c4nc(-c5cc6ccccc6c6ccccc56)nc(-c5cc6ccccc6c6ccccc56)n4)cc3)ncc2c1. The second-order valence-electron chi connectivity index (χ2n) is 12.7. The maximum Gasteiger partial charge on any atom is 0.164 e. The second-order valence-corrected chi connectivity index (χ2v) is 12.7. The van der Waals surface area contributed by atoms with Gasteiger partial charge in [0, 0.05) is 33.8 Å². The Morgan fingerprint density at radius 2 is 0.720 bits per heavy atom. The molecule has 0 spiro atoms. The van der Waals surface area contributed by atoms with E-state index in [0.29, 0.717) is 17.5 Å². The minimum atomic E-state index is 0.623. The van der Waals surface area contributed by atoms with Gasteiger partial charge in [-0.25, -0.2) is 15.0 Å². The summed E-state index contributed by atoms with van der Waals surface area (Å²) in [5.74, 6) is 1.91. The Hall–Kier alpha value is -6.78. The molecule has 0 radical (unpaired) electrons. The van der Waals surface area contributed by atoms with Crippen molar-refractivity contribution in [3.05, 3.63) is 170 Å². The Balaban J connectivity index is 1.21. The molecule has 0 aliphatic rings. The number of hydrogen-bond donors (Lipinski definition) is 0. The third-order valence-corrected chi connectivity index (χ3v) is 9.72. The van der Waals surface area contributed by atoms with E-state index >= 15 is 0 Å². The lowest BCUT2D eigenvalue weighted by Gasteiger charge is -2.14. The van der Waals surface area contributed by atoms with Crippen molar-refractivity contribution in [3.63, 3.8) is 0 Å². The maximum atomic E-state index is 5.28. The summed E-state index contributed by atoms with van der Waals surface area (Å²) in [6, 6.07) is 57.3. The van der Waals surface area contributed by atoms with Crippen molar-refractivity contribution < 1.29 is 0 Å². The normalized spacial score (nSPS) is 11.6. The molecule has 0 aliphatic carbocycles. The topological polar surface area (TPSA) is 51.6 Å². The molecule has 0 amide bonds. The minimum Gasteiger partial charge on any atom is -0.256 e. The summed E-state index contributed by atoms with van der Waals surface area (Å²) in [5.41, 5.74) is 4.83. The van der Waals surface area contributed by atoms with Crippen molar-refractivity contribution in [2.24, 2.45) is 0 Å². The number of rotatable bonds is 4. The quantitative estimate of drug-likeness (QED) is 0.180. The summed E-state index contributed by atoms with van der Waals surface area (Å²) in [7, 11) is 0. The lowest BCUT2D eigenvalue weighted by Crippen LogP contribution is -2.01. The van der Waals surface area contributed by atoms with E-state index in [9.17, 15) is 0 Å². The molecule has 0 atom stereocenters. The average Bonchev–Trinajstić information content (AvgIpc) is 3.20. The van der Waals surface area contributed by atoms with E-state index in [1.165, 1.54) is 26.9 Å². The molecule has 10 aromatic rings. The van der Waals surface area contributed by atoms with Crippen LogP contribution in [0.25, 0.3) is 99.3 Å². The maximum absolute atomic E-state index is 5.28. The Labute approximate surface area is 288 Å². The second kappa shape index (κ2) is 11.4. The molecule has 10 rings (SSSR count). The number of fused-ring (bicyclic) bond motifs is 7. The van der Waals surface area contributed by atoms with E-state index in [1.54, 1.807) is 0 Å². The van der Waals surface area contributed by atoms with Gasteiger partial charge in [-0.1, -0.05) is 146 Å². The first-order chi connectivity index (χ1) is 24.8. The standard InChI is InChI=1S/C46H28N4/c1-2-14-34-28-47-43(27-31(34)11-1)29-21-23-30(24-22-29)44-48-45(41-25-32-12-3-5-15-35(32)37-17-7-9-19-39(37)41)50-46(49-44)42-26-33-13-4-6-16-36(33)38-18-8-10-20-40(38)42/h1-28H. The van der Waals surface area contributed by atoms with Crippen LogP contribution in [0.3, 0.4) is 0 Å². The first kappa shape index (κ1) is 28.3. The predicted octanol–water partition coefficient (Wildman–Crippen LogP) is 11.7. The molecule has 8 aromatic carbocycles. The molecule has 0 fully saturated rings. The Morgan fingerprint density at radius 1 is 0.300 bits per heavy atom. The van der Waals surface area contributed by atoms with Gasteiger partial charge in [0.1, 0.15) is 0 Å². The third-order valence-electron chi connectivity index (χ3n) is 9.72. The molecular weight excluding hydrogens is 609 g/mol. The summed E-state index contributed by atoms with van der Waals surface area (Å²) >= 11 is 0. The number of hydrogen-bond acceptors (Lipinski definition) is 4. The fraction of sp³-hybridized carbons (Fsp3) is 0. The number of aromatic nitrogens is 4. The zero-order chi connectivity index (χ0) is 33.0. The van der Waals surface area contributed by atoms with Crippen LogP contribution in [-0.2, 0) is 0 Å². The molecule has 232 valence electrons. The molecule has 2 aromatic heterocycles. The molecule has 0 unspecified atom stereocenters. The Bertz CT molecular complexity index is 2790. The molecule has 4 nitrogen and oxygen atoms in total. The zero-order valence-electron chi connectivity index (χ0n) is 27.0.